The van der Waals surface area contributed by atoms with Crippen molar-refractivity contribution in [1.29, 1.82) is 0 Å². The van der Waals surface area contributed by atoms with Crippen molar-refractivity contribution < 1.29 is 19.3 Å². The van der Waals surface area contributed by atoms with E-state index in [1.807, 2.05) is 12.4 Å². The third-order valence-corrected chi connectivity index (χ3v) is 0.552. The van der Waals surface area contributed by atoms with Crippen LogP contribution < -0.4 is 10.1 Å². The largest absolute Gasteiger partial charge is 0.547 e. The number of halogens is 1. The average molecular weight is 146 g/mol. The number of H-pyrrole nitrogens is 2. The highest BCUT2D eigenvalue weighted by atomic mass is 19.1. The summed E-state index contributed by atoms with van der Waals surface area (Å²) in [5.74, 6) is -1.66. The summed E-state index contributed by atoms with van der Waals surface area (Å²) in [6.07, 6.45) is 5.39. The number of carboxylic acids is 1. The third kappa shape index (κ3) is 6.61. The van der Waals surface area contributed by atoms with E-state index < -0.39 is 12.6 Å². The first-order valence-corrected chi connectivity index (χ1v) is 2.52. The smallest absolute Gasteiger partial charge is 0.239 e. The van der Waals surface area contributed by atoms with Gasteiger partial charge in [-0.15, -0.1) is 0 Å². The van der Waals surface area contributed by atoms with Crippen LogP contribution >= 0.6 is 0 Å². The van der Waals surface area contributed by atoms with Crippen LogP contribution in [0, 0.1) is 0 Å². The highest BCUT2D eigenvalue weighted by Gasteiger charge is 1.70. The van der Waals surface area contributed by atoms with E-state index in [2.05, 4.69) is 9.97 Å². The number of carboxylic acid groups (broad SMARTS) is 1. The summed E-state index contributed by atoms with van der Waals surface area (Å²) in [5, 5.41) is 8.88. The Balaban J connectivity index is 0.000000162. The van der Waals surface area contributed by atoms with Gasteiger partial charge in [0.25, 0.3) is 0 Å². The molecular weight excluding hydrogens is 139 g/mol. The number of aromatic nitrogens is 2. The van der Waals surface area contributed by atoms with Crippen molar-refractivity contribution in [2.75, 3.05) is 6.67 Å². The van der Waals surface area contributed by atoms with Gasteiger partial charge < -0.3 is 9.90 Å². The predicted molar refractivity (Wildman–Crippen MR) is 28.3 cm³/mol. The van der Waals surface area contributed by atoms with Crippen molar-refractivity contribution >= 4 is 5.97 Å². The van der Waals surface area contributed by atoms with Gasteiger partial charge >= 0.3 is 0 Å². The van der Waals surface area contributed by atoms with Crippen LogP contribution in [0.4, 0.5) is 4.39 Å². The minimum absolute atomic E-state index is 1.39. The fourth-order valence-corrected chi connectivity index (χ4v) is 0.241. The van der Waals surface area contributed by atoms with Gasteiger partial charge in [0.15, 0.2) is 0 Å². The van der Waals surface area contributed by atoms with Crippen molar-refractivity contribution in [3.8, 4) is 0 Å². The summed E-state index contributed by atoms with van der Waals surface area (Å²) in [5.41, 5.74) is 0. The lowest BCUT2D eigenvalue weighted by atomic mass is 10.8. The number of imidazole rings is 1. The molecule has 4 nitrogen and oxygen atoms in total. The molecule has 0 spiro atoms. The maximum atomic E-state index is 10.5. The van der Waals surface area contributed by atoms with Gasteiger partial charge in [0.2, 0.25) is 6.33 Å². The van der Waals surface area contributed by atoms with Gasteiger partial charge in [-0.3, -0.25) is 9.97 Å². The van der Waals surface area contributed by atoms with E-state index in [4.69, 9.17) is 9.90 Å². The Morgan fingerprint density at radius 1 is 1.80 bits per heavy atom. The number of rotatable bonds is 1. The molecule has 1 rings (SSSR count). The van der Waals surface area contributed by atoms with Gasteiger partial charge in [0.1, 0.15) is 19.1 Å². The molecule has 0 radical (unpaired) electrons. The van der Waals surface area contributed by atoms with E-state index >= 15 is 0 Å². The van der Waals surface area contributed by atoms with Gasteiger partial charge in [-0.25, -0.2) is 4.39 Å². The molecule has 0 fully saturated rings. The van der Waals surface area contributed by atoms with Crippen molar-refractivity contribution in [1.82, 2.24) is 4.98 Å². The van der Waals surface area contributed by atoms with Crippen LogP contribution in [0.15, 0.2) is 18.7 Å². The van der Waals surface area contributed by atoms with E-state index in [9.17, 15) is 4.39 Å². The van der Waals surface area contributed by atoms with Crippen molar-refractivity contribution in [3.05, 3.63) is 18.7 Å². The molecular formula is C5H7FN2O2. The number of alkyl halides is 1. The van der Waals surface area contributed by atoms with Crippen LogP contribution in [-0.4, -0.2) is 17.6 Å². The second-order valence-corrected chi connectivity index (χ2v) is 1.32. The Morgan fingerprint density at radius 2 is 2.40 bits per heavy atom. The molecule has 5 heteroatoms. The number of carbonyl (C=O) groups is 1. The number of hydrogen-bond donors (Lipinski definition) is 1. The zero-order valence-electron chi connectivity index (χ0n) is 5.13. The quantitative estimate of drug-likeness (QED) is 0.525. The second kappa shape index (κ2) is 5.74. The molecule has 0 unspecified atom stereocenters. The van der Waals surface area contributed by atoms with E-state index in [-0.39, 0.29) is 0 Å². The summed E-state index contributed by atoms with van der Waals surface area (Å²) in [6.45, 7) is -1.39. The zero-order chi connectivity index (χ0) is 7.82. The fraction of sp³-hybridized carbons (Fsp3) is 0.200. The van der Waals surface area contributed by atoms with E-state index in [1.54, 1.807) is 6.33 Å². The minimum Gasteiger partial charge on any atom is -0.547 e. The molecule has 0 aromatic carbocycles. The maximum absolute atomic E-state index is 10.5. The summed E-state index contributed by atoms with van der Waals surface area (Å²) in [7, 11) is 0. The first kappa shape index (κ1) is 8.61. The molecule has 1 aromatic rings. The van der Waals surface area contributed by atoms with Crippen molar-refractivity contribution in [2.24, 2.45) is 0 Å². The SMILES string of the molecule is O=C([O-])CF.c1c[nH+]c[nH]1. The second-order valence-electron chi connectivity index (χ2n) is 1.32. The monoisotopic (exact) mass is 146 g/mol. The van der Waals surface area contributed by atoms with Crippen LogP contribution in [0.2, 0.25) is 0 Å². The number of hydrogen-bond acceptors (Lipinski definition) is 2. The van der Waals surface area contributed by atoms with Crippen LogP contribution in [0.1, 0.15) is 0 Å². The molecule has 0 saturated heterocycles. The van der Waals surface area contributed by atoms with Crippen molar-refractivity contribution in [3.63, 3.8) is 0 Å². The van der Waals surface area contributed by atoms with Crippen LogP contribution in [0.25, 0.3) is 0 Å². The Hall–Kier alpha value is -1.39. The molecule has 2 N–H and O–H groups in total. The van der Waals surface area contributed by atoms with Gasteiger partial charge in [0.05, 0.1) is 5.97 Å². The normalized spacial score (nSPS) is 7.70. The molecule has 0 amide bonds. The van der Waals surface area contributed by atoms with Gasteiger partial charge in [0, 0.05) is 0 Å². The van der Waals surface area contributed by atoms with Crippen molar-refractivity contribution in [2.45, 2.75) is 0 Å². The van der Waals surface area contributed by atoms with E-state index in [1.165, 1.54) is 0 Å². The summed E-state index contributed by atoms with van der Waals surface area (Å²) in [6, 6.07) is 0. The van der Waals surface area contributed by atoms with Crippen LogP contribution in [0.3, 0.4) is 0 Å². The Bertz CT molecular complexity index is 147. The van der Waals surface area contributed by atoms with Crippen LogP contribution in [0.5, 0.6) is 0 Å². The Labute approximate surface area is 56.7 Å². The molecule has 1 heterocycles. The molecule has 0 aliphatic carbocycles. The number of carbonyl (C=O) groups excluding carboxylic acids is 1. The highest BCUT2D eigenvalue weighted by molar-refractivity contribution is 5.65. The lowest BCUT2D eigenvalue weighted by Gasteiger charge is -1.84. The standard InChI is InChI=1S/C3H4N2.C2H3FO2/c1-2-5-3-4-1;3-1-2(4)5/h1-3H,(H,4,5);1H2,(H,4,5). The third-order valence-electron chi connectivity index (χ3n) is 0.552. The van der Waals surface area contributed by atoms with E-state index in [0.29, 0.717) is 0 Å². The molecule has 0 aliphatic heterocycles. The Morgan fingerprint density at radius 3 is 2.50 bits per heavy atom. The highest BCUT2D eigenvalue weighted by Crippen LogP contribution is 1.54. The molecule has 0 atom stereocenters. The molecule has 1 aromatic heterocycles. The van der Waals surface area contributed by atoms with E-state index in [0.717, 1.165) is 0 Å². The lowest BCUT2D eigenvalue weighted by Crippen LogP contribution is -2.23. The number of aromatic amines is 2. The zero-order valence-corrected chi connectivity index (χ0v) is 5.13. The first-order chi connectivity index (χ1) is 4.77. The van der Waals surface area contributed by atoms with Gasteiger partial charge in [-0.2, -0.15) is 0 Å². The van der Waals surface area contributed by atoms with Gasteiger partial charge in [-0.1, -0.05) is 0 Å². The molecule has 0 saturated carbocycles. The summed E-state index contributed by atoms with van der Waals surface area (Å²) < 4.78 is 10.5. The predicted octanol–water partition coefficient (Wildman–Crippen LogP) is -1.47. The lowest BCUT2D eigenvalue weighted by molar-refractivity contribution is -0.375. The first-order valence-electron chi connectivity index (χ1n) is 2.52. The molecule has 0 bridgehead atoms. The number of nitrogens with one attached hydrogen (secondary N) is 2. The summed E-state index contributed by atoms with van der Waals surface area (Å²) in [4.78, 5) is 14.5. The minimum atomic E-state index is -1.66. The average Bonchev–Trinajstić information content (AvgIpc) is 2.43. The Kier molecular flexibility index (Phi) is 4.94. The molecule has 56 valence electrons. The van der Waals surface area contributed by atoms with Gasteiger partial charge in [-0.05, 0) is 0 Å². The molecule has 10 heavy (non-hydrogen) atoms. The fourth-order valence-electron chi connectivity index (χ4n) is 0.241. The maximum Gasteiger partial charge on any atom is 0.239 e. The van der Waals surface area contributed by atoms with Crippen LogP contribution in [-0.2, 0) is 4.79 Å². The summed E-state index contributed by atoms with van der Waals surface area (Å²) >= 11 is 0. The topological polar surface area (TPSA) is 70.1 Å². The molecule has 0 aliphatic rings. The number of aliphatic carboxylic acids is 1.